The van der Waals surface area contributed by atoms with Crippen LogP contribution in [0, 0.1) is 5.92 Å². The molecule has 1 aliphatic carbocycles. The van der Waals surface area contributed by atoms with Gasteiger partial charge in [-0.15, -0.1) is 0 Å². The highest BCUT2D eigenvalue weighted by atomic mass is 32.2. The summed E-state index contributed by atoms with van der Waals surface area (Å²) in [5.41, 5.74) is 5.33. The van der Waals surface area contributed by atoms with E-state index in [1.165, 1.54) is 12.7 Å². The van der Waals surface area contributed by atoms with Crippen LogP contribution in [0.2, 0.25) is 0 Å². The number of rotatable bonds is 4. The first-order valence-corrected chi connectivity index (χ1v) is 7.49. The highest BCUT2D eigenvalue weighted by molar-refractivity contribution is 7.88. The molecule has 1 rings (SSSR count). The van der Waals surface area contributed by atoms with Crippen LogP contribution in [0.25, 0.3) is 0 Å². The van der Waals surface area contributed by atoms with Crippen molar-refractivity contribution in [2.24, 2.45) is 11.7 Å². The Morgan fingerprint density at radius 1 is 1.40 bits per heavy atom. The molecule has 0 bridgehead atoms. The molecule has 1 saturated carbocycles. The van der Waals surface area contributed by atoms with Gasteiger partial charge >= 0.3 is 0 Å². The molecule has 0 amide bonds. The Labute approximate surface area is 92.7 Å². The number of hydrogen-bond donors (Lipinski definition) is 2. The summed E-state index contributed by atoms with van der Waals surface area (Å²) in [4.78, 5) is 0. The van der Waals surface area contributed by atoms with Crippen molar-refractivity contribution in [2.45, 2.75) is 44.6 Å². The van der Waals surface area contributed by atoms with Gasteiger partial charge in [-0.05, 0) is 31.6 Å². The van der Waals surface area contributed by atoms with Gasteiger partial charge in [0.2, 0.25) is 10.0 Å². The fraction of sp³-hybridized carbons (Fsp3) is 1.00. The molecule has 15 heavy (non-hydrogen) atoms. The van der Waals surface area contributed by atoms with Crippen LogP contribution < -0.4 is 10.5 Å². The third-order valence-electron chi connectivity index (χ3n) is 3.43. The standard InChI is InChI=1S/C10H22N2O2S/c1-3-9-4-6-10(8-11,7-5-9)12-15(2,13)14/h9,12H,3-8,11H2,1-2H3. The van der Waals surface area contributed by atoms with E-state index in [4.69, 9.17) is 5.73 Å². The number of sulfonamides is 1. The smallest absolute Gasteiger partial charge is 0.209 e. The van der Waals surface area contributed by atoms with Crippen LogP contribution in [0.15, 0.2) is 0 Å². The fourth-order valence-electron chi connectivity index (χ4n) is 2.38. The summed E-state index contributed by atoms with van der Waals surface area (Å²) in [7, 11) is -3.15. The van der Waals surface area contributed by atoms with Crippen molar-refractivity contribution in [3.63, 3.8) is 0 Å². The molecule has 90 valence electrons. The van der Waals surface area contributed by atoms with Gasteiger partial charge < -0.3 is 5.73 Å². The van der Waals surface area contributed by atoms with Crippen LogP contribution in [-0.4, -0.2) is 26.8 Å². The summed E-state index contributed by atoms with van der Waals surface area (Å²) in [6.07, 6.45) is 6.28. The molecule has 3 N–H and O–H groups in total. The SMILES string of the molecule is CCC1CCC(CN)(NS(C)(=O)=O)CC1. The predicted octanol–water partition coefficient (Wildman–Crippen LogP) is 0.833. The van der Waals surface area contributed by atoms with Gasteiger partial charge in [0.25, 0.3) is 0 Å². The van der Waals surface area contributed by atoms with Gasteiger partial charge in [0, 0.05) is 12.1 Å². The van der Waals surface area contributed by atoms with E-state index in [2.05, 4.69) is 11.6 Å². The Morgan fingerprint density at radius 3 is 2.27 bits per heavy atom. The van der Waals surface area contributed by atoms with Gasteiger partial charge in [-0.2, -0.15) is 0 Å². The van der Waals surface area contributed by atoms with Gasteiger partial charge in [0.05, 0.1) is 6.26 Å². The summed E-state index contributed by atoms with van der Waals surface area (Å²) in [6, 6.07) is 0. The third-order valence-corrected chi connectivity index (χ3v) is 4.24. The second-order valence-electron chi connectivity index (χ2n) is 4.71. The van der Waals surface area contributed by atoms with Crippen molar-refractivity contribution in [1.82, 2.24) is 4.72 Å². The monoisotopic (exact) mass is 234 g/mol. The number of nitrogens with two attached hydrogens (primary N) is 1. The maximum absolute atomic E-state index is 11.2. The summed E-state index contributed by atoms with van der Waals surface area (Å²) in [6.45, 7) is 2.58. The molecule has 0 aromatic rings. The Morgan fingerprint density at radius 2 is 1.93 bits per heavy atom. The van der Waals surface area contributed by atoms with Crippen LogP contribution in [0.5, 0.6) is 0 Å². The highest BCUT2D eigenvalue weighted by Crippen LogP contribution is 2.33. The second-order valence-corrected chi connectivity index (χ2v) is 6.46. The molecular weight excluding hydrogens is 212 g/mol. The van der Waals surface area contributed by atoms with Crippen LogP contribution in [-0.2, 0) is 10.0 Å². The highest BCUT2D eigenvalue weighted by Gasteiger charge is 2.35. The maximum Gasteiger partial charge on any atom is 0.209 e. The van der Waals surface area contributed by atoms with Crippen molar-refractivity contribution in [1.29, 1.82) is 0 Å². The van der Waals surface area contributed by atoms with Crippen molar-refractivity contribution in [3.8, 4) is 0 Å². The molecule has 0 aliphatic heterocycles. The van der Waals surface area contributed by atoms with Gasteiger partial charge in [0.1, 0.15) is 0 Å². The van der Waals surface area contributed by atoms with Gasteiger partial charge in [0.15, 0.2) is 0 Å². The molecule has 0 radical (unpaired) electrons. The van der Waals surface area contributed by atoms with E-state index >= 15 is 0 Å². The summed E-state index contributed by atoms with van der Waals surface area (Å²) >= 11 is 0. The summed E-state index contributed by atoms with van der Waals surface area (Å²) < 4.78 is 25.2. The zero-order valence-electron chi connectivity index (χ0n) is 9.62. The first-order valence-electron chi connectivity index (χ1n) is 5.60. The molecular formula is C10H22N2O2S. The Bertz CT molecular complexity index is 293. The minimum absolute atomic E-state index is 0.376. The van der Waals surface area contributed by atoms with E-state index in [1.54, 1.807) is 0 Å². The third kappa shape index (κ3) is 3.74. The Balaban J connectivity index is 2.64. The van der Waals surface area contributed by atoms with Gasteiger partial charge in [-0.25, -0.2) is 13.1 Å². The second kappa shape index (κ2) is 4.80. The average molecular weight is 234 g/mol. The van der Waals surface area contributed by atoms with Crippen LogP contribution in [0.1, 0.15) is 39.0 Å². The molecule has 0 heterocycles. The predicted molar refractivity (Wildman–Crippen MR) is 62.0 cm³/mol. The topological polar surface area (TPSA) is 72.2 Å². The summed E-state index contributed by atoms with van der Waals surface area (Å²) in [5, 5.41) is 0. The lowest BCUT2D eigenvalue weighted by Gasteiger charge is -2.39. The molecule has 1 fully saturated rings. The molecule has 0 atom stereocenters. The van der Waals surface area contributed by atoms with Crippen LogP contribution in [0.3, 0.4) is 0 Å². The van der Waals surface area contributed by atoms with E-state index in [1.807, 2.05) is 0 Å². The minimum Gasteiger partial charge on any atom is -0.329 e. The lowest BCUT2D eigenvalue weighted by molar-refractivity contribution is 0.218. The first kappa shape index (κ1) is 12.9. The molecule has 4 nitrogen and oxygen atoms in total. The van der Waals surface area contributed by atoms with Gasteiger partial charge in [-0.1, -0.05) is 13.3 Å². The molecule has 0 aromatic heterocycles. The zero-order valence-corrected chi connectivity index (χ0v) is 10.4. The molecule has 5 heteroatoms. The molecule has 0 aromatic carbocycles. The number of nitrogens with one attached hydrogen (secondary N) is 1. The van der Waals surface area contributed by atoms with Crippen LogP contribution >= 0.6 is 0 Å². The summed E-state index contributed by atoms with van der Waals surface area (Å²) in [5.74, 6) is 0.742. The van der Waals surface area contributed by atoms with E-state index in [-0.39, 0.29) is 5.54 Å². The Hall–Kier alpha value is -0.130. The fourth-order valence-corrected chi connectivity index (χ4v) is 3.45. The normalized spacial score (nSPS) is 32.9. The van der Waals surface area contributed by atoms with Gasteiger partial charge in [-0.3, -0.25) is 0 Å². The van der Waals surface area contributed by atoms with Crippen molar-refractivity contribution < 1.29 is 8.42 Å². The maximum atomic E-state index is 11.2. The first-order chi connectivity index (χ1) is 6.91. The molecule has 0 saturated heterocycles. The molecule has 1 aliphatic rings. The zero-order chi connectivity index (χ0) is 11.5. The lowest BCUT2D eigenvalue weighted by Crippen LogP contribution is -2.55. The average Bonchev–Trinajstić information content (AvgIpc) is 2.16. The van der Waals surface area contributed by atoms with E-state index in [0.29, 0.717) is 6.54 Å². The van der Waals surface area contributed by atoms with Crippen molar-refractivity contribution in [2.75, 3.05) is 12.8 Å². The number of hydrogen-bond acceptors (Lipinski definition) is 3. The minimum atomic E-state index is -3.15. The molecule has 0 unspecified atom stereocenters. The molecule has 0 spiro atoms. The van der Waals surface area contributed by atoms with E-state index in [0.717, 1.165) is 31.6 Å². The van der Waals surface area contributed by atoms with E-state index in [9.17, 15) is 8.42 Å². The largest absolute Gasteiger partial charge is 0.329 e. The van der Waals surface area contributed by atoms with Crippen molar-refractivity contribution in [3.05, 3.63) is 0 Å². The Kier molecular flexibility index (Phi) is 4.14. The lowest BCUT2D eigenvalue weighted by atomic mass is 9.76. The van der Waals surface area contributed by atoms with Crippen molar-refractivity contribution >= 4 is 10.0 Å². The van der Waals surface area contributed by atoms with Crippen LogP contribution in [0.4, 0.5) is 0 Å². The van der Waals surface area contributed by atoms with E-state index < -0.39 is 10.0 Å². The quantitative estimate of drug-likeness (QED) is 0.757.